The third-order valence-electron chi connectivity index (χ3n) is 1.83. The Bertz CT molecular complexity index is 315. The number of nitrogens with zero attached hydrogens (tertiary/aromatic N) is 1. The van der Waals surface area contributed by atoms with Crippen LogP contribution in [0.4, 0.5) is 13.2 Å². The molecule has 0 radical (unpaired) electrons. The summed E-state index contributed by atoms with van der Waals surface area (Å²) >= 11 is 0. The highest BCUT2D eigenvalue weighted by Crippen LogP contribution is 2.20. The third kappa shape index (κ3) is 1.80. The number of hydrogen-bond donors (Lipinski definition) is 1. The molecule has 0 aliphatic heterocycles. The van der Waals surface area contributed by atoms with E-state index in [4.69, 9.17) is 0 Å². The molecule has 0 saturated heterocycles. The maximum Gasteiger partial charge on any atom is 0.249 e. The molecule has 1 aromatic heterocycles. The Balaban J connectivity index is 3.25. The number of pyridine rings is 1. The summed E-state index contributed by atoms with van der Waals surface area (Å²) in [6.45, 7) is 1.53. The van der Waals surface area contributed by atoms with Crippen molar-refractivity contribution in [3.05, 3.63) is 29.3 Å². The zero-order valence-electron chi connectivity index (χ0n) is 7.24. The minimum atomic E-state index is -1.28. The molecule has 13 heavy (non-hydrogen) atoms. The van der Waals surface area contributed by atoms with Gasteiger partial charge in [0.15, 0.2) is 5.82 Å². The molecule has 1 N–H and O–H groups in total. The Morgan fingerprint density at radius 2 is 2.00 bits per heavy atom. The van der Waals surface area contributed by atoms with Gasteiger partial charge in [-0.1, -0.05) is 0 Å². The Morgan fingerprint density at radius 3 is 2.54 bits per heavy atom. The molecule has 72 valence electrons. The van der Waals surface area contributed by atoms with Gasteiger partial charge in [-0.25, -0.2) is 13.8 Å². The summed E-state index contributed by atoms with van der Waals surface area (Å²) in [6, 6.07) is -0.586. The molecule has 0 amide bonds. The van der Waals surface area contributed by atoms with Crippen LogP contribution in [0.15, 0.2) is 6.20 Å². The van der Waals surface area contributed by atoms with Crippen LogP contribution in [0.2, 0.25) is 0 Å². The van der Waals surface area contributed by atoms with Gasteiger partial charge in [-0.2, -0.15) is 4.39 Å². The quantitative estimate of drug-likeness (QED) is 0.719. The maximum absolute atomic E-state index is 13.0. The van der Waals surface area contributed by atoms with Crippen molar-refractivity contribution >= 4 is 0 Å². The van der Waals surface area contributed by atoms with E-state index in [1.807, 2.05) is 0 Å². The fourth-order valence-corrected chi connectivity index (χ4v) is 0.997. The zero-order chi connectivity index (χ0) is 10.0. The van der Waals surface area contributed by atoms with Crippen molar-refractivity contribution in [2.75, 3.05) is 7.05 Å². The number of rotatable bonds is 2. The molecule has 0 fully saturated rings. The van der Waals surface area contributed by atoms with Crippen LogP contribution in [0.3, 0.4) is 0 Å². The lowest BCUT2D eigenvalue weighted by atomic mass is 10.1. The standard InChI is InChI=1S/C8H9F3N2/c1-4(12-2)6-5(9)3-13-8(11)7(6)10/h3-4,12H,1-2H3. The lowest BCUT2D eigenvalue weighted by Crippen LogP contribution is -2.17. The molecule has 1 aromatic rings. The van der Waals surface area contributed by atoms with Crippen molar-refractivity contribution in [2.24, 2.45) is 0 Å². The summed E-state index contributed by atoms with van der Waals surface area (Å²) in [5, 5.41) is 2.62. The van der Waals surface area contributed by atoms with Crippen molar-refractivity contribution in [1.82, 2.24) is 10.3 Å². The number of halogens is 3. The van der Waals surface area contributed by atoms with Crippen molar-refractivity contribution < 1.29 is 13.2 Å². The van der Waals surface area contributed by atoms with E-state index in [0.29, 0.717) is 6.20 Å². The summed E-state index contributed by atoms with van der Waals surface area (Å²) in [7, 11) is 1.53. The van der Waals surface area contributed by atoms with Crippen LogP contribution < -0.4 is 5.32 Å². The molecule has 0 aliphatic rings. The van der Waals surface area contributed by atoms with E-state index in [2.05, 4.69) is 10.3 Å². The van der Waals surface area contributed by atoms with Gasteiger partial charge in [0.05, 0.1) is 6.20 Å². The van der Waals surface area contributed by atoms with E-state index in [1.54, 1.807) is 0 Å². The average molecular weight is 190 g/mol. The number of aromatic nitrogens is 1. The highest BCUT2D eigenvalue weighted by molar-refractivity contribution is 5.19. The Morgan fingerprint density at radius 1 is 1.38 bits per heavy atom. The zero-order valence-corrected chi connectivity index (χ0v) is 7.24. The van der Waals surface area contributed by atoms with Gasteiger partial charge in [-0.05, 0) is 14.0 Å². The summed E-state index contributed by atoms with van der Waals surface area (Å²) in [4.78, 5) is 2.91. The van der Waals surface area contributed by atoms with Crippen molar-refractivity contribution in [3.63, 3.8) is 0 Å². The average Bonchev–Trinajstić information content (AvgIpc) is 2.12. The first kappa shape index (κ1) is 9.98. The molecule has 0 aliphatic carbocycles. The van der Waals surface area contributed by atoms with E-state index >= 15 is 0 Å². The number of nitrogens with one attached hydrogen (secondary N) is 1. The van der Waals surface area contributed by atoms with Crippen molar-refractivity contribution in [2.45, 2.75) is 13.0 Å². The summed E-state index contributed by atoms with van der Waals surface area (Å²) < 4.78 is 38.5. The first-order chi connectivity index (χ1) is 6.07. The molecule has 2 nitrogen and oxygen atoms in total. The second-order valence-electron chi connectivity index (χ2n) is 2.63. The fraction of sp³-hybridized carbons (Fsp3) is 0.375. The fourth-order valence-electron chi connectivity index (χ4n) is 0.997. The lowest BCUT2D eigenvalue weighted by Gasteiger charge is -2.11. The third-order valence-corrected chi connectivity index (χ3v) is 1.83. The highest BCUT2D eigenvalue weighted by atomic mass is 19.2. The van der Waals surface area contributed by atoms with Crippen LogP contribution in [0, 0.1) is 17.6 Å². The molecule has 1 heterocycles. The van der Waals surface area contributed by atoms with E-state index < -0.39 is 23.6 Å². The molecule has 5 heteroatoms. The predicted molar refractivity (Wildman–Crippen MR) is 41.6 cm³/mol. The van der Waals surface area contributed by atoms with E-state index in [-0.39, 0.29) is 5.56 Å². The van der Waals surface area contributed by atoms with Crippen LogP contribution in [0.1, 0.15) is 18.5 Å². The van der Waals surface area contributed by atoms with Gasteiger partial charge < -0.3 is 5.32 Å². The molecular weight excluding hydrogens is 181 g/mol. The maximum atomic E-state index is 13.0. The molecule has 0 spiro atoms. The van der Waals surface area contributed by atoms with Gasteiger partial charge in [0.1, 0.15) is 5.82 Å². The molecule has 1 unspecified atom stereocenters. The van der Waals surface area contributed by atoms with Gasteiger partial charge in [-0.15, -0.1) is 0 Å². The largest absolute Gasteiger partial charge is 0.313 e. The van der Waals surface area contributed by atoms with Crippen LogP contribution in [0.25, 0.3) is 0 Å². The van der Waals surface area contributed by atoms with Crippen LogP contribution in [0.5, 0.6) is 0 Å². The van der Waals surface area contributed by atoms with Gasteiger partial charge in [-0.3, -0.25) is 0 Å². The predicted octanol–water partition coefficient (Wildman–Crippen LogP) is 1.78. The summed E-state index contributed by atoms with van der Waals surface area (Å²) in [6.07, 6.45) is 0.668. The molecular formula is C8H9F3N2. The molecule has 1 rings (SSSR count). The second-order valence-corrected chi connectivity index (χ2v) is 2.63. The van der Waals surface area contributed by atoms with Crippen molar-refractivity contribution in [3.8, 4) is 0 Å². The molecule has 0 saturated carbocycles. The van der Waals surface area contributed by atoms with Gasteiger partial charge >= 0.3 is 0 Å². The minimum absolute atomic E-state index is 0.324. The van der Waals surface area contributed by atoms with Gasteiger partial charge in [0, 0.05) is 11.6 Å². The van der Waals surface area contributed by atoms with Crippen LogP contribution in [-0.4, -0.2) is 12.0 Å². The van der Waals surface area contributed by atoms with Gasteiger partial charge in [0.2, 0.25) is 5.95 Å². The number of hydrogen-bond acceptors (Lipinski definition) is 2. The van der Waals surface area contributed by atoms with E-state index in [9.17, 15) is 13.2 Å². The first-order valence-corrected chi connectivity index (χ1v) is 3.74. The summed E-state index contributed by atoms with van der Waals surface area (Å²) in [5.74, 6) is -3.36. The Kier molecular flexibility index (Phi) is 2.87. The lowest BCUT2D eigenvalue weighted by molar-refractivity contribution is 0.433. The minimum Gasteiger partial charge on any atom is -0.313 e. The topological polar surface area (TPSA) is 24.9 Å². The smallest absolute Gasteiger partial charge is 0.249 e. The summed E-state index contributed by atoms with van der Waals surface area (Å²) in [5.41, 5.74) is -0.324. The van der Waals surface area contributed by atoms with Crippen LogP contribution >= 0.6 is 0 Å². The van der Waals surface area contributed by atoms with Crippen LogP contribution in [-0.2, 0) is 0 Å². The first-order valence-electron chi connectivity index (χ1n) is 3.74. The molecule has 0 bridgehead atoms. The monoisotopic (exact) mass is 190 g/mol. The molecule has 1 atom stereocenters. The normalized spacial score (nSPS) is 13.0. The van der Waals surface area contributed by atoms with E-state index in [0.717, 1.165) is 0 Å². The Labute approximate surface area is 73.8 Å². The van der Waals surface area contributed by atoms with Gasteiger partial charge in [0.25, 0.3) is 0 Å². The second kappa shape index (κ2) is 3.74. The SMILES string of the molecule is CNC(C)c1c(F)cnc(F)c1F. The highest BCUT2D eigenvalue weighted by Gasteiger charge is 2.19. The van der Waals surface area contributed by atoms with E-state index in [1.165, 1.54) is 14.0 Å². The Hall–Kier alpha value is -1.10. The molecule has 0 aromatic carbocycles. The van der Waals surface area contributed by atoms with Crippen molar-refractivity contribution in [1.29, 1.82) is 0 Å².